The molecule has 67 heavy (non-hydrogen) atoms. The van der Waals surface area contributed by atoms with E-state index < -0.39 is 23.9 Å². The van der Waals surface area contributed by atoms with Crippen LogP contribution in [0.25, 0.3) is 0 Å². The van der Waals surface area contributed by atoms with Crippen molar-refractivity contribution in [1.82, 2.24) is 9.80 Å². The van der Waals surface area contributed by atoms with Crippen molar-refractivity contribution < 1.29 is 91.9 Å². The molecule has 6 aliphatic rings. The Morgan fingerprint density at radius 1 is 0.612 bits per heavy atom. The fourth-order valence-electron chi connectivity index (χ4n) is 8.92. The zero-order chi connectivity index (χ0) is 49.6. The lowest BCUT2D eigenvalue weighted by atomic mass is 9.80. The van der Waals surface area contributed by atoms with Crippen molar-refractivity contribution in [3.05, 3.63) is 47.6 Å². The van der Waals surface area contributed by atoms with E-state index in [2.05, 4.69) is 0 Å². The molecular formula is C46H64N2O19. The van der Waals surface area contributed by atoms with Gasteiger partial charge in [-0.2, -0.15) is 0 Å². The number of carboxylic acids is 4. The van der Waals surface area contributed by atoms with Gasteiger partial charge in [0.05, 0.1) is 36.3 Å². The summed E-state index contributed by atoms with van der Waals surface area (Å²) in [6, 6.07) is 0. The average molecular weight is 949 g/mol. The molecule has 0 spiro atoms. The van der Waals surface area contributed by atoms with E-state index in [1.54, 1.807) is 0 Å². The van der Waals surface area contributed by atoms with E-state index in [4.69, 9.17) is 53.6 Å². The number of esters is 4. The van der Waals surface area contributed by atoms with Gasteiger partial charge in [-0.3, -0.25) is 9.59 Å². The number of allylic oxidation sites excluding steroid dienone is 2. The topological polar surface area (TPSA) is 295 Å². The number of carbonyl (C=O) groups is 8. The van der Waals surface area contributed by atoms with Crippen LogP contribution >= 0.6 is 0 Å². The first kappa shape index (κ1) is 54.1. The molecule has 6 rings (SSSR count). The zero-order valence-corrected chi connectivity index (χ0v) is 38.8. The van der Waals surface area contributed by atoms with Gasteiger partial charge < -0.3 is 63.4 Å². The number of nitrogens with zero attached hydrogens (tertiary/aromatic N) is 2. The molecule has 0 amide bonds. The first-order chi connectivity index (χ1) is 31.5. The number of epoxide rings is 2. The third kappa shape index (κ3) is 16.4. The van der Waals surface area contributed by atoms with Gasteiger partial charge in [-0.25, -0.2) is 28.8 Å². The standard InChI is InChI=1S/C38H56N2O11.2C4H4O4/c1-37-15-7-9-23(11-13-25-27(21-39(3)4)35(43)48-29(25)31(37)50-37)33(41)46-19-17-45-18-20-47-34(42)24-10-8-16-38(2)32(51-38)30-26(14-12-24)28(22-40(5)6)36(44)49-30;2*5-3(6)1-2-4(7)8/h9-10,25-32H,7-8,11-22H2,1-6H3;2*1-2H,(H,5,6)(H,7,8)/b23-9+,24-10+;2*2-1+/t25-,26-,27-,28-,29-,30-,31-,32-,37+,38+;;/m0../s1. The summed E-state index contributed by atoms with van der Waals surface area (Å²) in [7, 11) is 7.76. The van der Waals surface area contributed by atoms with Crippen LogP contribution in [0.2, 0.25) is 0 Å². The van der Waals surface area contributed by atoms with Crippen molar-refractivity contribution in [1.29, 1.82) is 0 Å². The van der Waals surface area contributed by atoms with Crippen molar-refractivity contribution >= 4 is 47.8 Å². The maximum Gasteiger partial charge on any atom is 0.333 e. The highest BCUT2D eigenvalue weighted by molar-refractivity contribution is 5.90. The molecule has 372 valence electrons. The zero-order valence-electron chi connectivity index (χ0n) is 38.8. The third-order valence-corrected chi connectivity index (χ3v) is 12.3. The van der Waals surface area contributed by atoms with E-state index >= 15 is 0 Å². The molecule has 21 heteroatoms. The van der Waals surface area contributed by atoms with E-state index in [-0.39, 0.29) is 110 Å². The van der Waals surface area contributed by atoms with Crippen LogP contribution in [0.3, 0.4) is 0 Å². The monoisotopic (exact) mass is 948 g/mol. The quantitative estimate of drug-likeness (QED) is 0.0567. The Balaban J connectivity index is 0.000000523. The lowest BCUT2D eigenvalue weighted by Crippen LogP contribution is -2.34. The third-order valence-electron chi connectivity index (χ3n) is 12.3. The Morgan fingerprint density at radius 3 is 1.27 bits per heavy atom. The molecule has 0 unspecified atom stereocenters. The Kier molecular flexibility index (Phi) is 19.8. The summed E-state index contributed by atoms with van der Waals surface area (Å²) in [4.78, 5) is 94.0. The molecule has 21 nitrogen and oxygen atoms in total. The molecular weight excluding hydrogens is 885 g/mol. The molecule has 0 radical (unpaired) electrons. The van der Waals surface area contributed by atoms with Gasteiger partial charge in [-0.05, 0) is 93.4 Å². The summed E-state index contributed by atoms with van der Waals surface area (Å²) in [5.74, 6) is -6.80. The van der Waals surface area contributed by atoms with E-state index in [0.717, 1.165) is 12.8 Å². The highest BCUT2D eigenvalue weighted by atomic mass is 16.7. The van der Waals surface area contributed by atoms with Crippen LogP contribution < -0.4 is 0 Å². The van der Waals surface area contributed by atoms with Crippen molar-refractivity contribution in [2.75, 3.05) is 67.7 Å². The second kappa shape index (κ2) is 24.5. The number of carboxylic acid groups (broad SMARTS) is 4. The predicted octanol–water partition coefficient (Wildman–Crippen LogP) is 2.27. The van der Waals surface area contributed by atoms with Crippen molar-refractivity contribution in [2.24, 2.45) is 23.7 Å². The van der Waals surface area contributed by atoms with Gasteiger partial charge in [-0.15, -0.1) is 0 Å². The molecule has 4 saturated heterocycles. The summed E-state index contributed by atoms with van der Waals surface area (Å²) in [6.45, 7) is 5.71. The van der Waals surface area contributed by atoms with Gasteiger partial charge in [0.15, 0.2) is 0 Å². The summed E-state index contributed by atoms with van der Waals surface area (Å²) in [5, 5.41) is 31.2. The lowest BCUT2D eigenvalue weighted by molar-refractivity contribution is -0.146. The maximum atomic E-state index is 13.1. The number of carbonyl (C=O) groups excluding carboxylic acids is 4. The Hall–Kier alpha value is -5.48. The fourth-order valence-corrected chi connectivity index (χ4v) is 8.92. The maximum absolute atomic E-state index is 13.1. The molecule has 4 fully saturated rings. The Bertz CT molecular complexity index is 1790. The largest absolute Gasteiger partial charge is 0.478 e. The average Bonchev–Trinajstić information content (AvgIpc) is 4.05. The Morgan fingerprint density at radius 2 is 0.955 bits per heavy atom. The van der Waals surface area contributed by atoms with E-state index in [0.29, 0.717) is 87.1 Å². The van der Waals surface area contributed by atoms with Crippen LogP contribution in [0.4, 0.5) is 0 Å². The SMILES string of the molecule is CN(C)C[C@@H]1C(=O)O[C@H]2[C@H]1CC/C(C(=O)OCCOCCOC(=O)/C1=C/CC[C@@]3(C)O[C@H]3[C@H]3OC(=O)[C@@H](CN(C)C)[C@@H]3CC1)=C\CC[C@@]1(C)O[C@@H]21.O=C(O)/C=C/C(=O)O.O=C(O)/C=C/C(=O)O. The van der Waals surface area contributed by atoms with Crippen LogP contribution in [-0.4, -0.2) is 181 Å². The van der Waals surface area contributed by atoms with Crippen molar-refractivity contribution in [3.8, 4) is 0 Å². The molecule has 4 aliphatic heterocycles. The minimum absolute atomic E-state index is 0.0418. The second-order valence-electron chi connectivity index (χ2n) is 18.1. The van der Waals surface area contributed by atoms with Crippen LogP contribution in [0.15, 0.2) is 47.6 Å². The van der Waals surface area contributed by atoms with Crippen LogP contribution in [-0.2, 0) is 71.5 Å². The summed E-state index contributed by atoms with van der Waals surface area (Å²) in [5.41, 5.74) is 0.465. The number of rotatable bonds is 16. The van der Waals surface area contributed by atoms with Gasteiger partial charge in [-0.1, -0.05) is 12.2 Å². The molecule has 0 saturated carbocycles. The van der Waals surface area contributed by atoms with E-state index in [9.17, 15) is 38.4 Å². The van der Waals surface area contributed by atoms with E-state index in [1.165, 1.54) is 0 Å². The van der Waals surface area contributed by atoms with Gasteiger partial charge in [0, 0.05) is 60.4 Å². The van der Waals surface area contributed by atoms with Gasteiger partial charge in [0.25, 0.3) is 0 Å². The molecule has 0 aromatic heterocycles. The highest BCUT2D eigenvalue weighted by Crippen LogP contribution is 2.51. The number of fused-ring (bicyclic) bond motifs is 6. The number of ether oxygens (including phenoxy) is 7. The number of hydrogen-bond donors (Lipinski definition) is 4. The minimum Gasteiger partial charge on any atom is -0.478 e. The molecule has 10 atom stereocenters. The molecule has 4 heterocycles. The van der Waals surface area contributed by atoms with Gasteiger partial charge in [0.2, 0.25) is 0 Å². The summed E-state index contributed by atoms with van der Waals surface area (Å²) >= 11 is 0. The molecule has 0 bridgehead atoms. The van der Waals surface area contributed by atoms with Crippen molar-refractivity contribution in [2.45, 2.75) is 101 Å². The summed E-state index contributed by atoms with van der Waals surface area (Å²) < 4.78 is 40.6. The molecule has 4 N–H and O–H groups in total. The second-order valence-corrected chi connectivity index (χ2v) is 18.1. The first-order valence-electron chi connectivity index (χ1n) is 22.2. The molecule has 0 aromatic carbocycles. The fraction of sp³-hybridized carbons (Fsp3) is 0.652. The minimum atomic E-state index is -1.26. The van der Waals surface area contributed by atoms with Crippen LogP contribution in [0.1, 0.15) is 65.2 Å². The van der Waals surface area contributed by atoms with Gasteiger partial charge in [0.1, 0.15) is 37.6 Å². The highest BCUT2D eigenvalue weighted by Gasteiger charge is 2.64. The van der Waals surface area contributed by atoms with Gasteiger partial charge >= 0.3 is 47.8 Å². The Labute approximate surface area is 388 Å². The van der Waals surface area contributed by atoms with E-state index in [1.807, 2.05) is 64.0 Å². The normalized spacial score (nSPS) is 32.4. The van der Waals surface area contributed by atoms with Crippen LogP contribution in [0.5, 0.6) is 0 Å². The lowest BCUT2D eigenvalue weighted by Gasteiger charge is -2.24. The molecule has 0 aromatic rings. The number of aliphatic carboxylic acids is 4. The van der Waals surface area contributed by atoms with Crippen molar-refractivity contribution in [3.63, 3.8) is 0 Å². The smallest absolute Gasteiger partial charge is 0.333 e. The first-order valence-corrected chi connectivity index (χ1v) is 22.2. The summed E-state index contributed by atoms with van der Waals surface area (Å²) in [6.07, 6.45) is 10.3. The van der Waals surface area contributed by atoms with Crippen LogP contribution in [0, 0.1) is 23.7 Å². The predicted molar refractivity (Wildman–Crippen MR) is 232 cm³/mol. The molecule has 2 aliphatic carbocycles. The number of hydrogen-bond acceptors (Lipinski definition) is 17.